The number of benzene rings is 1. The van der Waals surface area contributed by atoms with Crippen LogP contribution in [-0.4, -0.2) is 10.5 Å². The number of rotatable bonds is 2. The Bertz CT molecular complexity index is 695. The number of nitrogens with one attached hydrogen (secondary N) is 1. The van der Waals surface area contributed by atoms with Crippen molar-refractivity contribution in [1.29, 1.82) is 0 Å². The summed E-state index contributed by atoms with van der Waals surface area (Å²) in [6.07, 6.45) is 1.58. The highest BCUT2D eigenvalue weighted by Crippen LogP contribution is 2.22. The summed E-state index contributed by atoms with van der Waals surface area (Å²) in [5.74, 6) is -0.238. The molecule has 0 saturated carbocycles. The minimum atomic E-state index is -0.238. The maximum absolute atomic E-state index is 12.1. The van der Waals surface area contributed by atoms with Crippen LogP contribution < -0.4 is 10.9 Å². The second-order valence-corrected chi connectivity index (χ2v) is 5.72. The zero-order valence-corrected chi connectivity index (χ0v) is 13.2. The Morgan fingerprint density at radius 2 is 1.95 bits per heavy atom. The van der Waals surface area contributed by atoms with Gasteiger partial charge in [0.25, 0.3) is 5.91 Å². The fraction of sp³-hybridized carbons (Fsp3) is 0.0769. The van der Waals surface area contributed by atoms with Gasteiger partial charge in [-0.2, -0.15) is 0 Å². The SMILES string of the molecule is Cn1cc(NC(=O)c2ccc(Br)cc2Br)ccc1=O. The van der Waals surface area contributed by atoms with Gasteiger partial charge in [0.15, 0.2) is 0 Å². The summed E-state index contributed by atoms with van der Waals surface area (Å²) in [7, 11) is 1.63. The standard InChI is InChI=1S/C13H10Br2N2O2/c1-17-7-9(3-5-12(17)18)16-13(19)10-4-2-8(14)6-11(10)15/h2-7H,1H3,(H,16,19). The molecule has 0 spiro atoms. The number of carbonyl (C=O) groups is 1. The van der Waals surface area contributed by atoms with E-state index in [4.69, 9.17) is 0 Å². The zero-order valence-electron chi connectivity index (χ0n) is 9.98. The predicted octanol–water partition coefficient (Wildman–Crippen LogP) is 3.16. The van der Waals surface area contributed by atoms with Crippen molar-refractivity contribution in [2.75, 3.05) is 5.32 Å². The molecule has 0 atom stereocenters. The number of halogens is 2. The maximum Gasteiger partial charge on any atom is 0.256 e. The molecule has 0 saturated heterocycles. The van der Waals surface area contributed by atoms with E-state index >= 15 is 0 Å². The Balaban J connectivity index is 2.25. The molecule has 19 heavy (non-hydrogen) atoms. The molecule has 0 bridgehead atoms. The smallest absolute Gasteiger partial charge is 0.256 e. The number of pyridine rings is 1. The van der Waals surface area contributed by atoms with Crippen molar-refractivity contribution in [2.24, 2.45) is 7.05 Å². The van der Waals surface area contributed by atoms with E-state index in [0.29, 0.717) is 15.7 Å². The summed E-state index contributed by atoms with van der Waals surface area (Å²) in [5.41, 5.74) is 0.974. The van der Waals surface area contributed by atoms with Crippen LogP contribution in [0.2, 0.25) is 0 Å². The molecule has 2 aromatic rings. The zero-order chi connectivity index (χ0) is 14.0. The molecule has 0 aliphatic carbocycles. The maximum atomic E-state index is 12.1. The van der Waals surface area contributed by atoms with Crippen LogP contribution in [0, 0.1) is 0 Å². The fourth-order valence-corrected chi connectivity index (χ4v) is 2.77. The van der Waals surface area contributed by atoms with Crippen LogP contribution in [0.4, 0.5) is 5.69 Å². The molecule has 1 aromatic heterocycles. The van der Waals surface area contributed by atoms with Crippen molar-refractivity contribution in [2.45, 2.75) is 0 Å². The average molecular weight is 386 g/mol. The van der Waals surface area contributed by atoms with Crippen molar-refractivity contribution in [1.82, 2.24) is 4.57 Å². The molecule has 6 heteroatoms. The van der Waals surface area contributed by atoms with Crippen LogP contribution in [0.3, 0.4) is 0 Å². The number of aryl methyl sites for hydroxylation is 1. The van der Waals surface area contributed by atoms with Crippen molar-refractivity contribution < 1.29 is 4.79 Å². The lowest BCUT2D eigenvalue weighted by molar-refractivity contribution is 0.102. The first-order valence-corrected chi connectivity index (χ1v) is 6.99. The number of carbonyl (C=O) groups excluding carboxylic acids is 1. The molecular weight excluding hydrogens is 376 g/mol. The highest BCUT2D eigenvalue weighted by molar-refractivity contribution is 9.11. The lowest BCUT2D eigenvalue weighted by Gasteiger charge is -2.08. The van der Waals surface area contributed by atoms with Gasteiger partial charge in [-0.05, 0) is 40.2 Å². The largest absolute Gasteiger partial charge is 0.321 e. The van der Waals surface area contributed by atoms with E-state index in [2.05, 4.69) is 37.2 Å². The Labute approximate surface area is 126 Å². The van der Waals surface area contributed by atoms with E-state index in [1.807, 2.05) is 0 Å². The normalized spacial score (nSPS) is 10.3. The first kappa shape index (κ1) is 14.0. The molecule has 2 rings (SSSR count). The monoisotopic (exact) mass is 384 g/mol. The van der Waals surface area contributed by atoms with Gasteiger partial charge in [-0.25, -0.2) is 0 Å². The van der Waals surface area contributed by atoms with E-state index in [1.54, 1.807) is 37.5 Å². The van der Waals surface area contributed by atoms with Crippen molar-refractivity contribution in [3.05, 3.63) is 61.4 Å². The molecular formula is C13H10Br2N2O2. The molecule has 1 aromatic carbocycles. The lowest BCUT2D eigenvalue weighted by Crippen LogP contribution is -2.18. The van der Waals surface area contributed by atoms with Crippen LogP contribution >= 0.6 is 31.9 Å². The fourth-order valence-electron chi connectivity index (χ4n) is 1.54. The molecule has 0 unspecified atom stereocenters. The van der Waals surface area contributed by atoms with Gasteiger partial charge in [0, 0.05) is 28.3 Å². The second kappa shape index (κ2) is 5.71. The third-order valence-electron chi connectivity index (χ3n) is 2.52. The summed E-state index contributed by atoms with van der Waals surface area (Å²) in [4.78, 5) is 23.4. The Hall–Kier alpha value is -1.40. The quantitative estimate of drug-likeness (QED) is 0.863. The molecule has 1 heterocycles. The molecule has 4 nitrogen and oxygen atoms in total. The number of anilines is 1. The predicted molar refractivity (Wildman–Crippen MR) is 81.5 cm³/mol. The van der Waals surface area contributed by atoms with Crippen LogP contribution in [0.1, 0.15) is 10.4 Å². The van der Waals surface area contributed by atoms with Crippen molar-refractivity contribution in [3.63, 3.8) is 0 Å². The van der Waals surface area contributed by atoms with Crippen LogP contribution in [0.5, 0.6) is 0 Å². The first-order chi connectivity index (χ1) is 8.97. The van der Waals surface area contributed by atoms with E-state index in [1.165, 1.54) is 10.6 Å². The first-order valence-electron chi connectivity index (χ1n) is 5.40. The summed E-state index contributed by atoms with van der Waals surface area (Å²) in [6, 6.07) is 8.29. The molecule has 1 amide bonds. The number of aromatic nitrogens is 1. The minimum absolute atomic E-state index is 0.122. The van der Waals surface area contributed by atoms with Crippen LogP contribution in [0.25, 0.3) is 0 Å². The highest BCUT2D eigenvalue weighted by Gasteiger charge is 2.10. The lowest BCUT2D eigenvalue weighted by atomic mass is 10.2. The van der Waals surface area contributed by atoms with Gasteiger partial charge in [-0.1, -0.05) is 15.9 Å². The van der Waals surface area contributed by atoms with Gasteiger partial charge in [0.2, 0.25) is 5.56 Å². The molecule has 0 aliphatic rings. The molecule has 0 radical (unpaired) electrons. The molecule has 0 aliphatic heterocycles. The second-order valence-electron chi connectivity index (χ2n) is 3.95. The Kier molecular flexibility index (Phi) is 4.21. The third-order valence-corrected chi connectivity index (χ3v) is 3.67. The minimum Gasteiger partial charge on any atom is -0.321 e. The Morgan fingerprint density at radius 1 is 1.21 bits per heavy atom. The third kappa shape index (κ3) is 3.33. The van der Waals surface area contributed by atoms with E-state index in [9.17, 15) is 9.59 Å². The number of hydrogen-bond donors (Lipinski definition) is 1. The van der Waals surface area contributed by atoms with Crippen LogP contribution in [-0.2, 0) is 7.05 Å². The average Bonchev–Trinajstić information content (AvgIpc) is 2.33. The topological polar surface area (TPSA) is 51.1 Å². The van der Waals surface area contributed by atoms with E-state index < -0.39 is 0 Å². The molecule has 98 valence electrons. The number of amides is 1. The summed E-state index contributed by atoms with van der Waals surface area (Å²) in [6.45, 7) is 0. The van der Waals surface area contributed by atoms with Gasteiger partial charge in [0.05, 0.1) is 11.3 Å². The van der Waals surface area contributed by atoms with E-state index in [0.717, 1.165) is 4.47 Å². The molecule has 1 N–H and O–H groups in total. The number of nitrogens with zero attached hydrogens (tertiary/aromatic N) is 1. The van der Waals surface area contributed by atoms with Crippen molar-refractivity contribution >= 4 is 43.5 Å². The van der Waals surface area contributed by atoms with Gasteiger partial charge >= 0.3 is 0 Å². The summed E-state index contributed by atoms with van der Waals surface area (Å²) >= 11 is 6.67. The highest BCUT2D eigenvalue weighted by atomic mass is 79.9. The van der Waals surface area contributed by atoms with Gasteiger partial charge in [-0.15, -0.1) is 0 Å². The summed E-state index contributed by atoms with van der Waals surface area (Å²) < 4.78 is 2.99. The van der Waals surface area contributed by atoms with Crippen molar-refractivity contribution in [3.8, 4) is 0 Å². The van der Waals surface area contributed by atoms with Gasteiger partial charge < -0.3 is 9.88 Å². The Morgan fingerprint density at radius 3 is 2.58 bits per heavy atom. The molecule has 0 fully saturated rings. The summed E-state index contributed by atoms with van der Waals surface area (Å²) in [5, 5.41) is 2.74. The van der Waals surface area contributed by atoms with Gasteiger partial charge in [-0.3, -0.25) is 9.59 Å². The van der Waals surface area contributed by atoms with E-state index in [-0.39, 0.29) is 11.5 Å². The number of hydrogen-bond acceptors (Lipinski definition) is 2. The van der Waals surface area contributed by atoms with Gasteiger partial charge in [0.1, 0.15) is 0 Å². The van der Waals surface area contributed by atoms with Crippen LogP contribution in [0.15, 0.2) is 50.3 Å².